The van der Waals surface area contributed by atoms with E-state index in [0.29, 0.717) is 11.3 Å². The smallest absolute Gasteiger partial charge is 0.328 e. The summed E-state index contributed by atoms with van der Waals surface area (Å²) in [6.45, 7) is 5.22. The van der Waals surface area contributed by atoms with Gasteiger partial charge in [0, 0.05) is 4.88 Å². The zero-order valence-electron chi connectivity index (χ0n) is 11.2. The third kappa shape index (κ3) is 1.66. The summed E-state index contributed by atoms with van der Waals surface area (Å²) in [6, 6.07) is 2.82. The molecule has 1 unspecified atom stereocenters. The average molecular weight is 291 g/mol. The molecule has 0 radical (unpaired) electrons. The lowest BCUT2D eigenvalue weighted by atomic mass is 10.3. The lowest BCUT2D eigenvalue weighted by Gasteiger charge is -2.11. The molecule has 6 nitrogen and oxygen atoms in total. The van der Waals surface area contributed by atoms with Crippen LogP contribution in [-0.2, 0) is 4.79 Å². The summed E-state index contributed by atoms with van der Waals surface area (Å²) >= 11 is 1.60. The lowest BCUT2D eigenvalue weighted by molar-refractivity contribution is -0.140. The number of nitrogens with zero attached hydrogens (tertiary/aromatic N) is 3. The van der Waals surface area contributed by atoms with E-state index in [1.165, 1.54) is 6.92 Å². The Hall–Kier alpha value is -2.15. The standard InChI is InChI=1S/C13H13N3O3S/c1-6-4-9-11(20-6)5-10-12(17)16(7(2)13(18)19)14-8(3)15(9)10/h4-5,7H,1-3H3,(H,18,19). The normalized spacial score (nSPS) is 13.2. The predicted octanol–water partition coefficient (Wildman–Crippen LogP) is 1.97. The van der Waals surface area contributed by atoms with Crippen LogP contribution in [0.4, 0.5) is 0 Å². The van der Waals surface area contributed by atoms with Crippen LogP contribution in [0.25, 0.3) is 15.7 Å². The van der Waals surface area contributed by atoms with Gasteiger partial charge in [0.15, 0.2) is 6.04 Å². The molecular formula is C13H13N3O3S. The van der Waals surface area contributed by atoms with Crippen LogP contribution >= 0.6 is 11.3 Å². The first-order valence-corrected chi connectivity index (χ1v) is 6.95. The second kappa shape index (κ2) is 4.17. The topological polar surface area (TPSA) is 76.6 Å². The van der Waals surface area contributed by atoms with Crippen molar-refractivity contribution in [1.29, 1.82) is 0 Å². The predicted molar refractivity (Wildman–Crippen MR) is 76.7 cm³/mol. The Bertz CT molecular complexity index is 903. The molecule has 0 aliphatic heterocycles. The lowest BCUT2D eigenvalue weighted by Crippen LogP contribution is -2.32. The molecule has 7 heteroatoms. The molecule has 0 fully saturated rings. The average Bonchev–Trinajstić information content (AvgIpc) is 2.88. The van der Waals surface area contributed by atoms with Gasteiger partial charge in [0.05, 0.1) is 10.2 Å². The molecule has 20 heavy (non-hydrogen) atoms. The molecule has 3 aromatic rings. The Labute approximate surface area is 117 Å². The molecule has 1 N–H and O–H groups in total. The summed E-state index contributed by atoms with van der Waals surface area (Å²) in [5, 5.41) is 13.2. The van der Waals surface area contributed by atoms with Crippen molar-refractivity contribution in [1.82, 2.24) is 14.2 Å². The van der Waals surface area contributed by atoms with Gasteiger partial charge in [-0.1, -0.05) is 0 Å². The molecule has 104 valence electrons. The number of thiophene rings is 1. The van der Waals surface area contributed by atoms with E-state index in [2.05, 4.69) is 5.10 Å². The van der Waals surface area contributed by atoms with E-state index in [1.807, 2.05) is 13.0 Å². The number of hydrogen-bond acceptors (Lipinski definition) is 4. The van der Waals surface area contributed by atoms with E-state index < -0.39 is 12.0 Å². The van der Waals surface area contributed by atoms with Crippen LogP contribution in [0, 0.1) is 13.8 Å². The first kappa shape index (κ1) is 12.9. The Balaban J connectivity index is 2.42. The van der Waals surface area contributed by atoms with Crippen LogP contribution in [0.2, 0.25) is 0 Å². The maximum atomic E-state index is 12.4. The molecule has 0 aromatic carbocycles. The number of hydrogen-bond donors (Lipinski definition) is 1. The fraction of sp³-hybridized carbons (Fsp3) is 0.308. The van der Waals surface area contributed by atoms with Gasteiger partial charge in [0.25, 0.3) is 5.56 Å². The number of fused-ring (bicyclic) bond motifs is 3. The van der Waals surface area contributed by atoms with Crippen molar-refractivity contribution in [2.75, 3.05) is 0 Å². The molecule has 3 rings (SSSR count). The van der Waals surface area contributed by atoms with Gasteiger partial charge >= 0.3 is 5.97 Å². The fourth-order valence-electron chi connectivity index (χ4n) is 2.35. The van der Waals surface area contributed by atoms with Crippen molar-refractivity contribution in [3.05, 3.63) is 33.2 Å². The number of aromatic nitrogens is 3. The molecule has 0 saturated heterocycles. The molecule has 0 aliphatic rings. The third-order valence-corrected chi connectivity index (χ3v) is 4.33. The van der Waals surface area contributed by atoms with Crippen molar-refractivity contribution >= 4 is 33.0 Å². The summed E-state index contributed by atoms with van der Waals surface area (Å²) in [7, 11) is 0. The molecule has 0 bridgehead atoms. The van der Waals surface area contributed by atoms with Crippen molar-refractivity contribution in [3.8, 4) is 0 Å². The number of aliphatic carboxylic acids is 1. The highest BCUT2D eigenvalue weighted by atomic mass is 32.1. The molecule has 1 atom stereocenters. The highest BCUT2D eigenvalue weighted by Crippen LogP contribution is 2.28. The molecule has 3 aromatic heterocycles. The number of carboxylic acid groups (broad SMARTS) is 1. The Morgan fingerprint density at radius 2 is 2.05 bits per heavy atom. The maximum absolute atomic E-state index is 12.4. The van der Waals surface area contributed by atoms with E-state index in [1.54, 1.807) is 28.7 Å². The Morgan fingerprint density at radius 3 is 2.70 bits per heavy atom. The van der Waals surface area contributed by atoms with Gasteiger partial charge < -0.3 is 5.11 Å². The van der Waals surface area contributed by atoms with Gasteiger partial charge in [-0.2, -0.15) is 5.10 Å². The number of carboxylic acids is 1. The summed E-state index contributed by atoms with van der Waals surface area (Å²) < 4.78 is 3.82. The maximum Gasteiger partial charge on any atom is 0.328 e. The zero-order chi connectivity index (χ0) is 14.6. The first-order valence-electron chi connectivity index (χ1n) is 6.14. The minimum atomic E-state index is -1.08. The van der Waals surface area contributed by atoms with E-state index in [-0.39, 0.29) is 5.56 Å². The van der Waals surface area contributed by atoms with Gasteiger partial charge in [-0.25, -0.2) is 9.48 Å². The minimum absolute atomic E-state index is 0.383. The molecule has 0 amide bonds. The van der Waals surface area contributed by atoms with E-state index >= 15 is 0 Å². The second-order valence-electron chi connectivity index (χ2n) is 4.78. The molecule has 0 spiro atoms. The molecule has 0 aliphatic carbocycles. The minimum Gasteiger partial charge on any atom is -0.480 e. The summed E-state index contributed by atoms with van der Waals surface area (Å²) in [5.74, 6) is -0.479. The van der Waals surface area contributed by atoms with E-state index in [0.717, 1.165) is 19.8 Å². The van der Waals surface area contributed by atoms with Crippen LogP contribution in [-0.4, -0.2) is 25.3 Å². The van der Waals surface area contributed by atoms with Gasteiger partial charge in [0.2, 0.25) is 0 Å². The van der Waals surface area contributed by atoms with Gasteiger partial charge in [-0.15, -0.1) is 11.3 Å². The van der Waals surface area contributed by atoms with E-state index in [4.69, 9.17) is 5.11 Å². The largest absolute Gasteiger partial charge is 0.480 e. The number of rotatable bonds is 2. The third-order valence-electron chi connectivity index (χ3n) is 3.34. The van der Waals surface area contributed by atoms with Crippen molar-refractivity contribution in [2.24, 2.45) is 0 Å². The van der Waals surface area contributed by atoms with E-state index in [9.17, 15) is 9.59 Å². The molecule has 3 heterocycles. The fourth-order valence-corrected chi connectivity index (χ4v) is 3.29. The van der Waals surface area contributed by atoms with Crippen LogP contribution in [0.3, 0.4) is 0 Å². The molecule has 0 saturated carbocycles. The van der Waals surface area contributed by atoms with Gasteiger partial charge in [-0.3, -0.25) is 9.20 Å². The van der Waals surface area contributed by atoms with Gasteiger partial charge in [0.1, 0.15) is 11.3 Å². The van der Waals surface area contributed by atoms with Crippen LogP contribution < -0.4 is 5.56 Å². The first-order chi connectivity index (χ1) is 9.40. The summed E-state index contributed by atoms with van der Waals surface area (Å²) in [4.78, 5) is 24.6. The summed E-state index contributed by atoms with van der Waals surface area (Å²) in [5.41, 5.74) is 1.03. The zero-order valence-corrected chi connectivity index (χ0v) is 12.1. The number of carbonyl (C=O) groups is 1. The quantitative estimate of drug-likeness (QED) is 0.783. The molecular weight excluding hydrogens is 278 g/mol. The van der Waals surface area contributed by atoms with Crippen molar-refractivity contribution in [3.63, 3.8) is 0 Å². The highest BCUT2D eigenvalue weighted by Gasteiger charge is 2.20. The summed E-state index contributed by atoms with van der Waals surface area (Å²) in [6.07, 6.45) is 0. The second-order valence-corrected chi connectivity index (χ2v) is 6.07. The Morgan fingerprint density at radius 1 is 1.35 bits per heavy atom. The van der Waals surface area contributed by atoms with Crippen LogP contribution in [0.15, 0.2) is 16.9 Å². The van der Waals surface area contributed by atoms with Crippen LogP contribution in [0.1, 0.15) is 23.7 Å². The van der Waals surface area contributed by atoms with Crippen molar-refractivity contribution in [2.45, 2.75) is 26.8 Å². The SMILES string of the molecule is Cc1cc2c(cc3c(=O)n(C(C)C(=O)O)nc(C)n32)s1. The highest BCUT2D eigenvalue weighted by molar-refractivity contribution is 7.19. The number of aryl methyl sites for hydroxylation is 2. The Kier molecular flexibility index (Phi) is 2.68. The van der Waals surface area contributed by atoms with Crippen LogP contribution in [0.5, 0.6) is 0 Å². The van der Waals surface area contributed by atoms with Gasteiger partial charge in [-0.05, 0) is 32.9 Å². The monoisotopic (exact) mass is 291 g/mol. The van der Waals surface area contributed by atoms with Crippen molar-refractivity contribution < 1.29 is 9.90 Å².